The second-order valence-corrected chi connectivity index (χ2v) is 7.42. The Hall–Kier alpha value is -1.63. The predicted molar refractivity (Wildman–Crippen MR) is 108 cm³/mol. The first-order valence-corrected chi connectivity index (χ1v) is 9.95. The van der Waals surface area contributed by atoms with Crippen LogP contribution in [0.3, 0.4) is 0 Å². The number of aryl methyl sites for hydroxylation is 1. The largest absolute Gasteiger partial charge is 0.357 e. The summed E-state index contributed by atoms with van der Waals surface area (Å²) in [7, 11) is 0. The molecular formula is C19H38N6O. The maximum Gasteiger partial charge on any atom is 0.226 e. The van der Waals surface area contributed by atoms with Crippen LogP contribution in [0.4, 0.5) is 0 Å². The van der Waals surface area contributed by atoms with Crippen molar-refractivity contribution in [3.63, 3.8) is 0 Å². The average Bonchev–Trinajstić information content (AvgIpc) is 3.03. The zero-order valence-corrected chi connectivity index (χ0v) is 17.7. The fourth-order valence-corrected chi connectivity index (χ4v) is 2.78. The third kappa shape index (κ3) is 8.17. The molecule has 26 heavy (non-hydrogen) atoms. The lowest BCUT2D eigenvalue weighted by Gasteiger charge is -2.30. The van der Waals surface area contributed by atoms with Gasteiger partial charge >= 0.3 is 0 Å². The zero-order chi connectivity index (χ0) is 19.5. The number of rotatable bonds is 11. The number of hydrogen-bond acceptors (Lipinski definition) is 5. The third-order valence-electron chi connectivity index (χ3n) is 4.15. The van der Waals surface area contributed by atoms with Gasteiger partial charge in [0.2, 0.25) is 5.89 Å². The van der Waals surface area contributed by atoms with Gasteiger partial charge in [-0.2, -0.15) is 4.98 Å². The fraction of sp³-hybridized carbons (Fsp3) is 0.842. The van der Waals surface area contributed by atoms with E-state index >= 15 is 0 Å². The van der Waals surface area contributed by atoms with Crippen LogP contribution < -0.4 is 10.6 Å². The second kappa shape index (κ2) is 11.9. The van der Waals surface area contributed by atoms with Crippen molar-refractivity contribution >= 4 is 5.96 Å². The highest BCUT2D eigenvalue weighted by molar-refractivity contribution is 5.79. The highest BCUT2D eigenvalue weighted by Gasteiger charge is 2.12. The zero-order valence-electron chi connectivity index (χ0n) is 17.7. The van der Waals surface area contributed by atoms with E-state index in [1.807, 2.05) is 0 Å². The number of aromatic nitrogens is 2. The Labute approximate surface area is 159 Å². The molecule has 2 N–H and O–H groups in total. The number of aliphatic imine (C=N–C) groups is 1. The maximum absolute atomic E-state index is 5.27. The Balaban J connectivity index is 2.40. The normalized spacial score (nSPS) is 12.7. The Kier molecular flexibility index (Phi) is 10.2. The van der Waals surface area contributed by atoms with Crippen molar-refractivity contribution in [3.05, 3.63) is 11.7 Å². The quantitative estimate of drug-likeness (QED) is 0.356. The number of hydrogen-bond donors (Lipinski definition) is 2. The molecule has 0 spiro atoms. The van der Waals surface area contributed by atoms with Crippen molar-refractivity contribution in [1.82, 2.24) is 25.7 Å². The van der Waals surface area contributed by atoms with Gasteiger partial charge < -0.3 is 15.2 Å². The molecule has 0 radical (unpaired) electrons. The summed E-state index contributed by atoms with van der Waals surface area (Å²) in [6.45, 7) is 18.6. The Morgan fingerprint density at radius 1 is 1.12 bits per heavy atom. The van der Waals surface area contributed by atoms with Crippen LogP contribution in [0, 0.1) is 0 Å². The minimum absolute atomic E-state index is 0.298. The van der Waals surface area contributed by atoms with Crippen LogP contribution in [-0.2, 0) is 6.42 Å². The Morgan fingerprint density at radius 3 is 2.35 bits per heavy atom. The third-order valence-corrected chi connectivity index (χ3v) is 4.15. The van der Waals surface area contributed by atoms with Crippen LogP contribution in [0.5, 0.6) is 0 Å². The van der Waals surface area contributed by atoms with Gasteiger partial charge in [-0.1, -0.05) is 19.0 Å². The van der Waals surface area contributed by atoms with Gasteiger partial charge in [0.05, 0.1) is 0 Å². The van der Waals surface area contributed by atoms with Gasteiger partial charge in [0.15, 0.2) is 11.8 Å². The van der Waals surface area contributed by atoms with E-state index in [0.29, 0.717) is 23.9 Å². The lowest BCUT2D eigenvalue weighted by molar-refractivity contribution is 0.178. The first kappa shape index (κ1) is 22.4. The monoisotopic (exact) mass is 366 g/mol. The molecule has 0 saturated carbocycles. The highest BCUT2D eigenvalue weighted by atomic mass is 16.5. The Morgan fingerprint density at radius 2 is 1.81 bits per heavy atom. The minimum atomic E-state index is 0.298. The molecule has 0 aliphatic heterocycles. The number of guanidine groups is 1. The van der Waals surface area contributed by atoms with Gasteiger partial charge in [0, 0.05) is 50.6 Å². The van der Waals surface area contributed by atoms with E-state index in [-0.39, 0.29) is 0 Å². The van der Waals surface area contributed by atoms with Crippen LogP contribution >= 0.6 is 0 Å². The van der Waals surface area contributed by atoms with Crippen molar-refractivity contribution in [2.75, 3.05) is 26.2 Å². The maximum atomic E-state index is 5.27. The highest BCUT2D eigenvalue weighted by Crippen LogP contribution is 2.10. The lowest BCUT2D eigenvalue weighted by Crippen LogP contribution is -2.45. The molecule has 0 aliphatic carbocycles. The molecule has 0 saturated heterocycles. The molecule has 1 aromatic rings. The molecule has 0 atom stereocenters. The molecule has 1 rings (SSSR count). The van der Waals surface area contributed by atoms with Crippen molar-refractivity contribution in [3.8, 4) is 0 Å². The first-order chi connectivity index (χ1) is 12.3. The van der Waals surface area contributed by atoms with Gasteiger partial charge in [-0.05, 0) is 41.0 Å². The van der Waals surface area contributed by atoms with Crippen LogP contribution in [0.1, 0.15) is 72.5 Å². The van der Waals surface area contributed by atoms with E-state index in [1.165, 1.54) is 0 Å². The molecule has 0 bridgehead atoms. The van der Waals surface area contributed by atoms with Gasteiger partial charge in [0.25, 0.3) is 0 Å². The van der Waals surface area contributed by atoms with E-state index in [4.69, 9.17) is 4.52 Å². The van der Waals surface area contributed by atoms with Crippen LogP contribution in [-0.4, -0.2) is 59.3 Å². The van der Waals surface area contributed by atoms with Crippen molar-refractivity contribution in [1.29, 1.82) is 0 Å². The molecule has 0 aliphatic rings. The van der Waals surface area contributed by atoms with E-state index in [9.17, 15) is 0 Å². The summed E-state index contributed by atoms with van der Waals surface area (Å²) in [6, 6.07) is 1.09. The summed E-state index contributed by atoms with van der Waals surface area (Å²) >= 11 is 0. The topological polar surface area (TPSA) is 78.6 Å². The first-order valence-electron chi connectivity index (χ1n) is 9.95. The van der Waals surface area contributed by atoms with E-state index in [0.717, 1.165) is 50.8 Å². The summed E-state index contributed by atoms with van der Waals surface area (Å²) in [5.74, 6) is 2.64. The van der Waals surface area contributed by atoms with Gasteiger partial charge in [0.1, 0.15) is 0 Å². The molecule has 7 nitrogen and oxygen atoms in total. The summed E-state index contributed by atoms with van der Waals surface area (Å²) in [5, 5.41) is 10.7. The van der Waals surface area contributed by atoms with Crippen LogP contribution in [0.15, 0.2) is 9.52 Å². The molecular weight excluding hydrogens is 328 g/mol. The van der Waals surface area contributed by atoms with E-state index in [1.54, 1.807) is 0 Å². The van der Waals surface area contributed by atoms with Crippen molar-refractivity contribution in [2.45, 2.75) is 79.3 Å². The fourth-order valence-electron chi connectivity index (χ4n) is 2.78. The molecule has 0 unspecified atom stereocenters. The second-order valence-electron chi connectivity index (χ2n) is 7.42. The van der Waals surface area contributed by atoms with Gasteiger partial charge in [-0.25, -0.2) is 0 Å². The van der Waals surface area contributed by atoms with E-state index in [2.05, 4.69) is 79.1 Å². The number of nitrogens with one attached hydrogen (secondary N) is 2. The SMILES string of the molecule is CCNC(=NCCCc1nc(C(C)C)no1)NCCN(C(C)C)C(C)C. The molecule has 0 fully saturated rings. The smallest absolute Gasteiger partial charge is 0.226 e. The van der Waals surface area contributed by atoms with Crippen LogP contribution in [0.25, 0.3) is 0 Å². The summed E-state index contributed by atoms with van der Waals surface area (Å²) < 4.78 is 5.27. The Bertz CT molecular complexity index is 516. The molecule has 1 aromatic heterocycles. The molecule has 0 amide bonds. The lowest BCUT2D eigenvalue weighted by atomic mass is 10.2. The minimum Gasteiger partial charge on any atom is -0.357 e. The summed E-state index contributed by atoms with van der Waals surface area (Å²) in [6.07, 6.45) is 1.65. The summed E-state index contributed by atoms with van der Waals surface area (Å²) in [4.78, 5) is 11.5. The van der Waals surface area contributed by atoms with Crippen molar-refractivity contribution in [2.24, 2.45) is 4.99 Å². The van der Waals surface area contributed by atoms with Gasteiger partial charge in [-0.3, -0.25) is 9.89 Å². The average molecular weight is 367 g/mol. The molecule has 1 heterocycles. The molecule has 0 aromatic carbocycles. The molecule has 7 heteroatoms. The number of nitrogens with zero attached hydrogens (tertiary/aromatic N) is 4. The molecule has 150 valence electrons. The van der Waals surface area contributed by atoms with Crippen LogP contribution in [0.2, 0.25) is 0 Å². The van der Waals surface area contributed by atoms with E-state index < -0.39 is 0 Å². The van der Waals surface area contributed by atoms with Crippen molar-refractivity contribution < 1.29 is 4.52 Å². The summed E-state index contributed by atoms with van der Waals surface area (Å²) in [5.41, 5.74) is 0. The predicted octanol–water partition coefficient (Wildman–Crippen LogP) is 2.80. The van der Waals surface area contributed by atoms with Gasteiger partial charge in [-0.15, -0.1) is 0 Å². The standard InChI is InChI=1S/C19H38N6O/c1-8-20-19(22-12-13-25(15(4)5)16(6)7)21-11-9-10-17-23-18(14(2)3)24-26-17/h14-16H,8-13H2,1-7H3,(H2,20,21,22).